The Bertz CT molecular complexity index is 729. The normalized spacial score (nSPS) is 14.6. The van der Waals surface area contributed by atoms with E-state index in [0.29, 0.717) is 11.6 Å². The Hall–Kier alpha value is -2.00. The first-order valence-electron chi connectivity index (χ1n) is 8.43. The molecule has 0 aromatic heterocycles. The fourth-order valence-electron chi connectivity index (χ4n) is 3.07. The predicted molar refractivity (Wildman–Crippen MR) is 96.5 cm³/mol. The number of ether oxygens (including phenoxy) is 1. The van der Waals surface area contributed by atoms with Crippen molar-refractivity contribution in [2.45, 2.75) is 45.3 Å². The molecule has 0 bridgehead atoms. The first-order chi connectivity index (χ1) is 11.6. The zero-order valence-electron chi connectivity index (χ0n) is 13.8. The van der Waals surface area contributed by atoms with Gasteiger partial charge in [0.15, 0.2) is 6.10 Å². The van der Waals surface area contributed by atoms with Crippen LogP contribution in [0.5, 0.6) is 5.75 Å². The van der Waals surface area contributed by atoms with Gasteiger partial charge in [-0.25, -0.2) is 0 Å². The van der Waals surface area contributed by atoms with Gasteiger partial charge < -0.3 is 10.1 Å². The molecule has 1 atom stereocenters. The van der Waals surface area contributed by atoms with Crippen LogP contribution in [0.25, 0.3) is 0 Å². The van der Waals surface area contributed by atoms with Crippen LogP contribution < -0.4 is 10.1 Å². The molecule has 0 fully saturated rings. The minimum absolute atomic E-state index is 0.136. The smallest absolute Gasteiger partial charge is 0.261 e. The SMILES string of the molecule is C[C@H](Oc1cccc2c1CCCC2)C(=O)NCc1ccccc1Cl. The number of carbonyl (C=O) groups is 1. The molecule has 1 amide bonds. The molecule has 0 heterocycles. The summed E-state index contributed by atoms with van der Waals surface area (Å²) in [4.78, 5) is 12.3. The lowest BCUT2D eigenvalue weighted by molar-refractivity contribution is -0.127. The van der Waals surface area contributed by atoms with Crippen molar-refractivity contribution in [1.82, 2.24) is 5.32 Å². The number of benzene rings is 2. The molecule has 2 aromatic carbocycles. The molecule has 0 radical (unpaired) electrons. The van der Waals surface area contributed by atoms with Gasteiger partial charge in [0.2, 0.25) is 0 Å². The van der Waals surface area contributed by atoms with Gasteiger partial charge in [0.1, 0.15) is 5.75 Å². The maximum absolute atomic E-state index is 12.3. The molecular weight excluding hydrogens is 322 g/mol. The number of aryl methyl sites for hydroxylation is 1. The average Bonchev–Trinajstić information content (AvgIpc) is 2.61. The zero-order valence-corrected chi connectivity index (χ0v) is 14.6. The second-order valence-corrected chi connectivity index (χ2v) is 6.58. The highest BCUT2D eigenvalue weighted by atomic mass is 35.5. The van der Waals surface area contributed by atoms with E-state index in [9.17, 15) is 4.79 Å². The van der Waals surface area contributed by atoms with Crippen LogP contribution in [-0.4, -0.2) is 12.0 Å². The van der Waals surface area contributed by atoms with Crippen LogP contribution >= 0.6 is 11.6 Å². The number of hydrogen-bond acceptors (Lipinski definition) is 2. The second kappa shape index (κ2) is 7.71. The Morgan fingerprint density at radius 2 is 1.96 bits per heavy atom. The van der Waals surface area contributed by atoms with Crippen LogP contribution in [0.3, 0.4) is 0 Å². The van der Waals surface area contributed by atoms with E-state index in [-0.39, 0.29) is 5.91 Å². The van der Waals surface area contributed by atoms with Crippen LogP contribution in [-0.2, 0) is 24.2 Å². The Kier molecular flexibility index (Phi) is 5.41. The summed E-state index contributed by atoms with van der Waals surface area (Å²) in [5, 5.41) is 3.55. The fourth-order valence-corrected chi connectivity index (χ4v) is 3.27. The third-order valence-corrected chi connectivity index (χ3v) is 4.81. The topological polar surface area (TPSA) is 38.3 Å². The molecule has 1 aliphatic rings. The maximum atomic E-state index is 12.3. The summed E-state index contributed by atoms with van der Waals surface area (Å²) in [6.45, 7) is 2.18. The Balaban J connectivity index is 1.62. The Morgan fingerprint density at radius 1 is 1.17 bits per heavy atom. The summed E-state index contributed by atoms with van der Waals surface area (Å²) < 4.78 is 5.95. The van der Waals surface area contributed by atoms with Gasteiger partial charge in [0.25, 0.3) is 5.91 Å². The number of hydrogen-bond donors (Lipinski definition) is 1. The molecule has 0 aliphatic heterocycles. The summed E-state index contributed by atoms with van der Waals surface area (Å²) >= 11 is 6.11. The van der Waals surface area contributed by atoms with Crippen molar-refractivity contribution in [3.8, 4) is 5.75 Å². The van der Waals surface area contributed by atoms with Crippen molar-refractivity contribution in [2.75, 3.05) is 0 Å². The molecule has 1 aliphatic carbocycles. The lowest BCUT2D eigenvalue weighted by Crippen LogP contribution is -2.36. The first-order valence-corrected chi connectivity index (χ1v) is 8.81. The van der Waals surface area contributed by atoms with E-state index >= 15 is 0 Å². The number of fused-ring (bicyclic) bond motifs is 1. The van der Waals surface area contributed by atoms with Crippen LogP contribution in [0.2, 0.25) is 5.02 Å². The monoisotopic (exact) mass is 343 g/mol. The quantitative estimate of drug-likeness (QED) is 0.878. The van der Waals surface area contributed by atoms with Gasteiger partial charge in [0, 0.05) is 11.6 Å². The van der Waals surface area contributed by atoms with Crippen LogP contribution in [0.4, 0.5) is 0 Å². The van der Waals surface area contributed by atoms with Gasteiger partial charge in [-0.05, 0) is 61.4 Å². The third kappa shape index (κ3) is 3.90. The molecule has 3 rings (SSSR count). The van der Waals surface area contributed by atoms with E-state index in [4.69, 9.17) is 16.3 Å². The second-order valence-electron chi connectivity index (χ2n) is 6.17. The molecule has 0 unspecified atom stereocenters. The van der Waals surface area contributed by atoms with E-state index in [2.05, 4.69) is 11.4 Å². The summed E-state index contributed by atoms with van der Waals surface area (Å²) in [6, 6.07) is 13.6. The van der Waals surface area contributed by atoms with Crippen LogP contribution in [0.15, 0.2) is 42.5 Å². The molecule has 0 saturated heterocycles. The molecular formula is C20H22ClNO2. The lowest BCUT2D eigenvalue weighted by Gasteiger charge is -2.22. The van der Waals surface area contributed by atoms with E-state index in [1.54, 1.807) is 6.92 Å². The molecule has 2 aromatic rings. The minimum atomic E-state index is -0.541. The Labute approximate surface area is 148 Å². The first kappa shape index (κ1) is 16.8. The van der Waals surface area contributed by atoms with Gasteiger partial charge in [-0.2, -0.15) is 0 Å². The van der Waals surface area contributed by atoms with E-state index < -0.39 is 6.10 Å². The zero-order chi connectivity index (χ0) is 16.9. The van der Waals surface area contributed by atoms with Crippen LogP contribution in [0, 0.1) is 0 Å². The van der Waals surface area contributed by atoms with Gasteiger partial charge in [-0.15, -0.1) is 0 Å². The number of amides is 1. The number of rotatable bonds is 5. The lowest BCUT2D eigenvalue weighted by atomic mass is 9.91. The highest BCUT2D eigenvalue weighted by molar-refractivity contribution is 6.31. The standard InChI is InChI=1S/C20H22ClNO2/c1-14(20(23)22-13-16-8-3-5-11-18(16)21)24-19-12-6-9-15-7-2-4-10-17(15)19/h3,5-6,8-9,11-12,14H,2,4,7,10,13H2,1H3,(H,22,23)/t14-/m0/s1. The van der Waals surface area contributed by atoms with Crippen molar-refractivity contribution in [2.24, 2.45) is 0 Å². The molecule has 3 nitrogen and oxygen atoms in total. The fraction of sp³-hybridized carbons (Fsp3) is 0.350. The third-order valence-electron chi connectivity index (χ3n) is 4.44. The van der Waals surface area contributed by atoms with Crippen molar-refractivity contribution < 1.29 is 9.53 Å². The molecule has 0 saturated carbocycles. The molecule has 4 heteroatoms. The highest BCUT2D eigenvalue weighted by Crippen LogP contribution is 2.30. The highest BCUT2D eigenvalue weighted by Gasteiger charge is 2.19. The molecule has 24 heavy (non-hydrogen) atoms. The summed E-state index contributed by atoms with van der Waals surface area (Å²) in [6.07, 6.45) is 3.99. The van der Waals surface area contributed by atoms with Gasteiger partial charge in [-0.1, -0.05) is 41.9 Å². The largest absolute Gasteiger partial charge is 0.481 e. The van der Waals surface area contributed by atoms with E-state index in [0.717, 1.165) is 24.2 Å². The summed E-state index contributed by atoms with van der Waals surface area (Å²) in [7, 11) is 0. The summed E-state index contributed by atoms with van der Waals surface area (Å²) in [5.74, 6) is 0.705. The molecule has 0 spiro atoms. The van der Waals surface area contributed by atoms with Crippen LogP contribution in [0.1, 0.15) is 36.5 Å². The summed E-state index contributed by atoms with van der Waals surface area (Å²) in [5.41, 5.74) is 3.51. The average molecular weight is 344 g/mol. The van der Waals surface area contributed by atoms with Crippen molar-refractivity contribution in [1.29, 1.82) is 0 Å². The number of halogens is 1. The predicted octanol–water partition coefficient (Wildman–Crippen LogP) is 4.30. The number of carbonyl (C=O) groups excluding carboxylic acids is 1. The van der Waals surface area contributed by atoms with E-state index in [1.165, 1.54) is 24.0 Å². The molecule has 126 valence electrons. The number of nitrogens with one attached hydrogen (secondary N) is 1. The van der Waals surface area contributed by atoms with Crippen molar-refractivity contribution in [3.63, 3.8) is 0 Å². The maximum Gasteiger partial charge on any atom is 0.261 e. The minimum Gasteiger partial charge on any atom is -0.481 e. The van der Waals surface area contributed by atoms with Gasteiger partial charge >= 0.3 is 0 Å². The molecule has 1 N–H and O–H groups in total. The van der Waals surface area contributed by atoms with Gasteiger partial charge in [0.05, 0.1) is 0 Å². The van der Waals surface area contributed by atoms with E-state index in [1.807, 2.05) is 36.4 Å². The van der Waals surface area contributed by atoms with Crippen molar-refractivity contribution in [3.05, 3.63) is 64.2 Å². The van der Waals surface area contributed by atoms with Gasteiger partial charge in [-0.3, -0.25) is 4.79 Å². The van der Waals surface area contributed by atoms with Crippen molar-refractivity contribution >= 4 is 17.5 Å². The Morgan fingerprint density at radius 3 is 2.79 bits per heavy atom.